The number of hydrogen-bond donors (Lipinski definition) is 2. The molecular weight excluding hydrogens is 469 g/mol. The molecule has 2 heterocycles. The number of rotatable bonds is 8. The fraction of sp³-hybridized carbons (Fsp3) is 0.176. The van der Waals surface area contributed by atoms with Crippen molar-refractivity contribution >= 4 is 55.7 Å². The zero-order valence-corrected chi connectivity index (χ0v) is 18.6. The molecule has 31 heavy (non-hydrogen) atoms. The Morgan fingerprint density at radius 2 is 2.13 bits per heavy atom. The number of aryl methyl sites for hydroxylation is 1. The molecule has 0 atom stereocenters. The molecule has 2 aromatic heterocycles. The number of nitrogens with one attached hydrogen (secondary N) is 2. The molecule has 1 aromatic carbocycles. The standard InChI is InChI=1S/C17H16FN5O5S3/c1-22-5-6-23(17(22)29-2)8-13(24)20-12-4-3-10(7-11(12)18)31(27,28)21-15-14(16(25)26)19-9-30-15/h3-7,9,21H,8H2,1-2H3,(H-,20,24,25,26). The Morgan fingerprint density at radius 3 is 2.77 bits per heavy atom. The summed E-state index contributed by atoms with van der Waals surface area (Å²) in [6.45, 7) is -0.0601. The number of sulfonamides is 1. The quantitative estimate of drug-likeness (QED) is 0.349. The van der Waals surface area contributed by atoms with Crippen molar-refractivity contribution in [2.75, 3.05) is 16.3 Å². The molecule has 0 unspecified atom stereocenters. The minimum absolute atomic E-state index is 0.0601. The second-order valence-corrected chi connectivity index (χ2v) is 9.45. The lowest BCUT2D eigenvalue weighted by Crippen LogP contribution is -2.30. The number of carbonyl (C=O) groups excluding carboxylic acids is 2. The lowest BCUT2D eigenvalue weighted by atomic mass is 10.3. The minimum atomic E-state index is -4.29. The van der Waals surface area contributed by atoms with Gasteiger partial charge in [0.1, 0.15) is 28.9 Å². The van der Waals surface area contributed by atoms with Crippen molar-refractivity contribution < 1.29 is 32.1 Å². The topological polar surface area (TPSA) is 137 Å². The van der Waals surface area contributed by atoms with E-state index in [2.05, 4.69) is 10.3 Å². The second kappa shape index (κ2) is 9.03. The van der Waals surface area contributed by atoms with Crippen LogP contribution in [0.25, 0.3) is 0 Å². The monoisotopic (exact) mass is 485 g/mol. The first-order valence-corrected chi connectivity index (χ1v) is 12.1. The van der Waals surface area contributed by atoms with Gasteiger partial charge in [-0.25, -0.2) is 26.9 Å². The van der Waals surface area contributed by atoms with Crippen LogP contribution in [0.4, 0.5) is 15.1 Å². The van der Waals surface area contributed by atoms with E-state index in [1.807, 2.05) is 22.6 Å². The zero-order chi connectivity index (χ0) is 22.8. The predicted molar refractivity (Wildman–Crippen MR) is 110 cm³/mol. The molecule has 0 aliphatic heterocycles. The summed E-state index contributed by atoms with van der Waals surface area (Å²) in [4.78, 5) is 26.3. The SMILES string of the molecule is CSc1n(CC(=O)Nc2ccc(S(=O)(=O)Nc3scnc3C(=O)[O-])cc2F)cc[n+]1C. The maximum atomic E-state index is 14.5. The Balaban J connectivity index is 1.75. The van der Waals surface area contributed by atoms with Crippen molar-refractivity contribution in [1.29, 1.82) is 0 Å². The van der Waals surface area contributed by atoms with E-state index in [0.29, 0.717) is 0 Å². The van der Waals surface area contributed by atoms with Gasteiger partial charge in [-0.3, -0.25) is 9.52 Å². The molecule has 0 aliphatic rings. The lowest BCUT2D eigenvalue weighted by molar-refractivity contribution is -0.709. The van der Waals surface area contributed by atoms with Gasteiger partial charge in [0.05, 0.1) is 29.1 Å². The number of hydrogen-bond acceptors (Lipinski definition) is 8. The van der Waals surface area contributed by atoms with Crippen LogP contribution in [0.1, 0.15) is 10.5 Å². The fourth-order valence-corrected chi connectivity index (χ4v) is 5.35. The van der Waals surface area contributed by atoms with E-state index >= 15 is 0 Å². The predicted octanol–water partition coefficient (Wildman–Crippen LogP) is 0.433. The largest absolute Gasteiger partial charge is 0.543 e. The highest BCUT2D eigenvalue weighted by Gasteiger charge is 2.21. The number of amides is 1. The van der Waals surface area contributed by atoms with E-state index in [0.717, 1.165) is 40.2 Å². The summed E-state index contributed by atoms with van der Waals surface area (Å²) in [5.74, 6) is -3.12. The number of thioether (sulfide) groups is 1. The Kier molecular flexibility index (Phi) is 6.62. The van der Waals surface area contributed by atoms with Gasteiger partial charge in [0, 0.05) is 0 Å². The van der Waals surface area contributed by atoms with Crippen molar-refractivity contribution in [3.63, 3.8) is 0 Å². The first-order valence-electron chi connectivity index (χ1n) is 8.48. The van der Waals surface area contributed by atoms with Crippen LogP contribution in [0.15, 0.2) is 46.2 Å². The van der Waals surface area contributed by atoms with Crippen LogP contribution in [-0.2, 0) is 28.4 Å². The van der Waals surface area contributed by atoms with E-state index in [4.69, 9.17) is 0 Å². The van der Waals surface area contributed by atoms with Crippen molar-refractivity contribution in [2.45, 2.75) is 16.6 Å². The second-order valence-electron chi connectivity index (χ2n) is 6.14. The number of nitrogens with zero attached hydrogens (tertiary/aromatic N) is 3. The summed E-state index contributed by atoms with van der Waals surface area (Å²) in [6.07, 6.45) is 5.35. The molecule has 3 aromatic rings. The number of benzene rings is 1. The Hall–Kier alpha value is -2.97. The molecule has 3 rings (SSSR count). The number of carboxylic acid groups (broad SMARTS) is 1. The molecule has 0 bridgehead atoms. The fourth-order valence-electron chi connectivity index (χ4n) is 2.65. The van der Waals surface area contributed by atoms with Gasteiger partial charge in [0.2, 0.25) is 0 Å². The van der Waals surface area contributed by atoms with Gasteiger partial charge < -0.3 is 15.2 Å². The summed E-state index contributed by atoms with van der Waals surface area (Å²) >= 11 is 2.18. The number of halogens is 1. The van der Waals surface area contributed by atoms with Crippen LogP contribution >= 0.6 is 23.1 Å². The first kappa shape index (κ1) is 22.7. The van der Waals surface area contributed by atoms with Crippen molar-refractivity contribution in [2.24, 2.45) is 7.05 Å². The maximum Gasteiger partial charge on any atom is 0.317 e. The van der Waals surface area contributed by atoms with Crippen molar-refractivity contribution in [3.05, 3.63) is 47.6 Å². The third-order valence-electron chi connectivity index (χ3n) is 4.03. The number of carboxylic acids is 1. The summed E-state index contributed by atoms with van der Waals surface area (Å²) < 4.78 is 45.0. The normalized spacial score (nSPS) is 11.3. The average Bonchev–Trinajstić information content (AvgIpc) is 3.29. The molecule has 0 radical (unpaired) electrons. The number of anilines is 2. The van der Waals surface area contributed by atoms with Gasteiger partial charge in [-0.1, -0.05) is 0 Å². The summed E-state index contributed by atoms with van der Waals surface area (Å²) in [5, 5.41) is 13.9. The molecule has 0 spiro atoms. The van der Waals surface area contributed by atoms with Crippen LogP contribution < -0.4 is 19.7 Å². The van der Waals surface area contributed by atoms with Gasteiger partial charge >= 0.3 is 5.16 Å². The van der Waals surface area contributed by atoms with Crippen LogP contribution in [0.3, 0.4) is 0 Å². The maximum absolute atomic E-state index is 14.5. The lowest BCUT2D eigenvalue weighted by Gasteiger charge is -2.10. The van der Waals surface area contributed by atoms with E-state index in [1.54, 1.807) is 17.0 Å². The molecule has 1 amide bonds. The Bertz CT molecular complexity index is 1250. The highest BCUT2D eigenvalue weighted by molar-refractivity contribution is 7.98. The highest BCUT2D eigenvalue weighted by Crippen LogP contribution is 2.25. The van der Waals surface area contributed by atoms with Gasteiger partial charge in [0.25, 0.3) is 15.9 Å². The van der Waals surface area contributed by atoms with Crippen LogP contribution in [0.5, 0.6) is 0 Å². The number of carbonyl (C=O) groups is 2. The van der Waals surface area contributed by atoms with E-state index in [9.17, 15) is 27.5 Å². The Labute approximate surface area is 184 Å². The molecule has 2 N–H and O–H groups in total. The summed E-state index contributed by atoms with van der Waals surface area (Å²) in [6, 6.07) is 2.92. The van der Waals surface area contributed by atoms with E-state index in [-0.39, 0.29) is 17.2 Å². The molecule has 14 heteroatoms. The third-order valence-corrected chi connectivity index (χ3v) is 7.13. The van der Waals surface area contributed by atoms with Gasteiger partial charge in [-0.2, -0.15) is 0 Å². The van der Waals surface area contributed by atoms with Gasteiger partial charge in [-0.15, -0.1) is 11.3 Å². The molecule has 0 aliphatic carbocycles. The summed E-state index contributed by atoms with van der Waals surface area (Å²) in [7, 11) is -2.47. The van der Waals surface area contributed by atoms with Crippen LogP contribution in [0, 0.1) is 5.82 Å². The van der Waals surface area contributed by atoms with Crippen LogP contribution in [0.2, 0.25) is 0 Å². The third kappa shape index (κ3) is 5.03. The van der Waals surface area contributed by atoms with Crippen LogP contribution in [-0.4, -0.2) is 36.1 Å². The van der Waals surface area contributed by atoms with Gasteiger partial charge in [0.15, 0.2) is 6.54 Å². The van der Waals surface area contributed by atoms with Crippen molar-refractivity contribution in [3.8, 4) is 0 Å². The highest BCUT2D eigenvalue weighted by atomic mass is 32.2. The summed E-state index contributed by atoms with van der Waals surface area (Å²) in [5.41, 5.74) is 0.371. The smallest absolute Gasteiger partial charge is 0.317 e. The molecular formula is C17H16FN5O5S3. The number of thiazole rings is 1. The molecule has 0 fully saturated rings. The van der Waals surface area contributed by atoms with Crippen molar-refractivity contribution in [1.82, 2.24) is 9.55 Å². The first-order chi connectivity index (χ1) is 14.6. The number of aromatic carboxylic acids is 1. The molecule has 10 nitrogen and oxygen atoms in total. The average molecular weight is 486 g/mol. The molecule has 0 saturated carbocycles. The number of aromatic nitrogens is 3. The minimum Gasteiger partial charge on any atom is -0.543 e. The molecule has 164 valence electrons. The number of imidazole rings is 1. The van der Waals surface area contributed by atoms with Gasteiger partial charge in [-0.05, 0) is 36.2 Å². The zero-order valence-electron chi connectivity index (χ0n) is 16.2. The Morgan fingerprint density at radius 1 is 1.39 bits per heavy atom. The molecule has 0 saturated heterocycles. The van der Waals surface area contributed by atoms with E-state index < -0.39 is 38.3 Å². The van der Waals surface area contributed by atoms with E-state index in [1.165, 1.54) is 11.8 Å².